The lowest BCUT2D eigenvalue weighted by Crippen LogP contribution is -2.51. The van der Waals surface area contributed by atoms with Gasteiger partial charge in [-0.2, -0.15) is 0 Å². The molecule has 0 saturated carbocycles. The number of hydrogen-bond donors (Lipinski definition) is 0. The van der Waals surface area contributed by atoms with Crippen LogP contribution in [0, 0.1) is 34.0 Å². The fourth-order valence-corrected chi connectivity index (χ4v) is 6.32. The van der Waals surface area contributed by atoms with Crippen LogP contribution in [0.4, 0.5) is 0 Å². The Kier molecular flexibility index (Phi) is 20.6. The second-order valence-electron chi connectivity index (χ2n) is 16.7. The van der Waals surface area contributed by atoms with E-state index < -0.39 is 0 Å². The van der Waals surface area contributed by atoms with E-state index in [2.05, 4.69) is 83.1 Å². The van der Waals surface area contributed by atoms with Crippen LogP contribution in [0.15, 0.2) is 0 Å². The Hall–Kier alpha value is -0.240. The lowest BCUT2D eigenvalue weighted by molar-refractivity contribution is -0.180. The summed E-state index contributed by atoms with van der Waals surface area (Å²) < 4.78 is 36.9. The van der Waals surface area contributed by atoms with E-state index in [9.17, 15) is 0 Å². The highest BCUT2D eigenvalue weighted by Crippen LogP contribution is 2.28. The topological polar surface area (TPSA) is 55.4 Å². The second-order valence-corrected chi connectivity index (χ2v) is 16.7. The van der Waals surface area contributed by atoms with Gasteiger partial charge >= 0.3 is 0 Å². The molecule has 0 radical (unpaired) electrons. The van der Waals surface area contributed by atoms with E-state index in [1.165, 1.54) is 12.8 Å². The molecule has 0 aromatic carbocycles. The third kappa shape index (κ3) is 21.5. The van der Waals surface area contributed by atoms with Crippen molar-refractivity contribution in [1.82, 2.24) is 0 Å². The fourth-order valence-electron chi connectivity index (χ4n) is 6.32. The first-order valence-electron chi connectivity index (χ1n) is 16.7. The lowest BCUT2D eigenvalue weighted by Gasteiger charge is -2.36. The molecule has 6 heteroatoms. The minimum Gasteiger partial charge on any atom is -0.379 e. The largest absolute Gasteiger partial charge is 0.379 e. The molecule has 0 N–H and O–H groups in total. The number of methoxy groups -OCH3 is 3. The summed E-state index contributed by atoms with van der Waals surface area (Å²) >= 11 is 0. The second kappa shape index (κ2) is 20.7. The molecular formula is C36H74O6. The molecule has 0 aromatic rings. The maximum Gasteiger partial charge on any atom is 0.115 e. The van der Waals surface area contributed by atoms with Crippen LogP contribution in [-0.2, 0) is 28.4 Å². The minimum absolute atomic E-state index is 0.282. The Bertz CT molecular complexity index is 647. The first-order chi connectivity index (χ1) is 19.3. The summed E-state index contributed by atoms with van der Waals surface area (Å²) in [6.07, 6.45) is 5.28. The van der Waals surface area contributed by atoms with Crippen molar-refractivity contribution in [3.63, 3.8) is 0 Å². The predicted molar refractivity (Wildman–Crippen MR) is 177 cm³/mol. The van der Waals surface area contributed by atoms with Crippen molar-refractivity contribution >= 4 is 0 Å². The molecule has 42 heavy (non-hydrogen) atoms. The van der Waals surface area contributed by atoms with Crippen LogP contribution in [0.3, 0.4) is 0 Å². The molecule has 0 aliphatic rings. The highest BCUT2D eigenvalue weighted by atomic mass is 16.6. The molecule has 7 atom stereocenters. The Morgan fingerprint density at radius 2 is 0.786 bits per heavy atom. The fraction of sp³-hybridized carbons (Fsp3) is 1.00. The van der Waals surface area contributed by atoms with E-state index in [4.69, 9.17) is 28.4 Å². The van der Waals surface area contributed by atoms with Crippen molar-refractivity contribution in [1.29, 1.82) is 0 Å². The van der Waals surface area contributed by atoms with Crippen molar-refractivity contribution in [2.75, 3.05) is 54.4 Å². The molecule has 0 aliphatic heterocycles. The number of hydrogen-bond acceptors (Lipinski definition) is 6. The van der Waals surface area contributed by atoms with E-state index in [-0.39, 0.29) is 24.4 Å². The van der Waals surface area contributed by atoms with Crippen molar-refractivity contribution in [2.45, 2.75) is 146 Å². The summed E-state index contributed by atoms with van der Waals surface area (Å²) in [5, 5.41) is 0. The summed E-state index contributed by atoms with van der Waals surface area (Å²) in [5.41, 5.74) is 0.946. The monoisotopic (exact) mass is 603 g/mol. The first-order valence-corrected chi connectivity index (χ1v) is 16.7. The van der Waals surface area contributed by atoms with Gasteiger partial charge in [0.25, 0.3) is 0 Å². The molecule has 6 nitrogen and oxygen atoms in total. The van der Waals surface area contributed by atoms with E-state index in [1.54, 1.807) is 21.3 Å². The molecule has 0 saturated heterocycles. The van der Waals surface area contributed by atoms with Gasteiger partial charge in [0.1, 0.15) is 24.4 Å². The zero-order valence-corrected chi connectivity index (χ0v) is 30.8. The summed E-state index contributed by atoms with van der Waals surface area (Å²) in [5.74, 6) is 1.77. The van der Waals surface area contributed by atoms with Gasteiger partial charge in [0, 0.05) is 41.2 Å². The maximum atomic E-state index is 6.59. The normalized spacial score (nSPS) is 18.4. The highest BCUT2D eigenvalue weighted by molar-refractivity contribution is 4.86. The number of rotatable bonds is 23. The Morgan fingerprint density at radius 1 is 0.452 bits per heavy atom. The Morgan fingerprint density at radius 3 is 1.10 bits per heavy atom. The predicted octanol–water partition coefficient (Wildman–Crippen LogP) is 8.84. The van der Waals surface area contributed by atoms with Crippen LogP contribution in [0.5, 0.6) is 0 Å². The van der Waals surface area contributed by atoms with Gasteiger partial charge in [0.05, 0.1) is 13.2 Å². The van der Waals surface area contributed by atoms with Gasteiger partial charge < -0.3 is 28.4 Å². The van der Waals surface area contributed by atoms with Crippen LogP contribution in [0.1, 0.15) is 122 Å². The molecule has 3 unspecified atom stereocenters. The van der Waals surface area contributed by atoms with E-state index in [0.717, 1.165) is 25.7 Å². The summed E-state index contributed by atoms with van der Waals surface area (Å²) in [4.78, 5) is 0. The molecule has 0 heterocycles. The molecular weight excluding hydrogens is 528 g/mol. The van der Waals surface area contributed by atoms with E-state index >= 15 is 0 Å². The zero-order valence-electron chi connectivity index (χ0n) is 30.8. The van der Waals surface area contributed by atoms with Gasteiger partial charge in [0.15, 0.2) is 0 Å². The smallest absolute Gasteiger partial charge is 0.115 e. The summed E-state index contributed by atoms with van der Waals surface area (Å²) in [6, 6.07) is 0. The average molecular weight is 603 g/mol. The minimum atomic E-state index is -0.353. The maximum absolute atomic E-state index is 6.59. The molecule has 0 spiro atoms. The van der Waals surface area contributed by atoms with Gasteiger partial charge in [-0.05, 0) is 72.5 Å². The highest BCUT2D eigenvalue weighted by Gasteiger charge is 2.37. The van der Waals surface area contributed by atoms with Crippen molar-refractivity contribution < 1.29 is 28.4 Å². The summed E-state index contributed by atoms with van der Waals surface area (Å²) in [6.45, 7) is 30.5. The van der Waals surface area contributed by atoms with Gasteiger partial charge in [-0.3, -0.25) is 0 Å². The SMILES string of the molecule is CO[C@@H]([C@H](OCCC(C)CC(C)(C)C)[C@H](COCCC(C)CC(C)(C)C)OC)[C@@H](COCCC(C)CC(C)(C)C)OC. The average Bonchev–Trinajstić information content (AvgIpc) is 2.81. The third-order valence-electron chi connectivity index (χ3n) is 7.81. The van der Waals surface area contributed by atoms with E-state index in [1.807, 2.05) is 0 Å². The standard InChI is InChI=1S/C36H74O6/c1-27(22-34(4,5)6)16-19-40-25-30(37-13)32(39-15)33(42-21-18-29(3)24-36(10,11)12)31(38-14)26-41-20-17-28(2)23-35(7,8)9/h27-33H,16-26H2,1-15H3/t27?,28?,29?,30-,31+,32-,33-/m1/s1. The van der Waals surface area contributed by atoms with Gasteiger partial charge in [0.2, 0.25) is 0 Å². The van der Waals surface area contributed by atoms with Crippen molar-refractivity contribution in [3.8, 4) is 0 Å². The van der Waals surface area contributed by atoms with Crippen LogP contribution in [-0.4, -0.2) is 78.8 Å². The quantitative estimate of drug-likeness (QED) is 0.109. The molecule has 0 bridgehead atoms. The Balaban J connectivity index is 5.39. The molecule has 0 fully saturated rings. The lowest BCUT2D eigenvalue weighted by atomic mass is 9.84. The van der Waals surface area contributed by atoms with Crippen LogP contribution in [0.25, 0.3) is 0 Å². The zero-order chi connectivity index (χ0) is 32.6. The van der Waals surface area contributed by atoms with Crippen LogP contribution < -0.4 is 0 Å². The number of ether oxygens (including phenoxy) is 6. The molecule has 0 rings (SSSR count). The van der Waals surface area contributed by atoms with Crippen molar-refractivity contribution in [3.05, 3.63) is 0 Å². The van der Waals surface area contributed by atoms with Gasteiger partial charge in [-0.1, -0.05) is 83.1 Å². The van der Waals surface area contributed by atoms with Crippen LogP contribution in [0.2, 0.25) is 0 Å². The molecule has 0 aliphatic carbocycles. The van der Waals surface area contributed by atoms with Crippen molar-refractivity contribution in [2.24, 2.45) is 34.0 Å². The molecule has 0 amide bonds. The third-order valence-corrected chi connectivity index (χ3v) is 7.81. The van der Waals surface area contributed by atoms with Gasteiger partial charge in [-0.25, -0.2) is 0 Å². The van der Waals surface area contributed by atoms with E-state index in [0.29, 0.717) is 67.0 Å². The van der Waals surface area contributed by atoms with Crippen LogP contribution >= 0.6 is 0 Å². The molecule has 0 aromatic heterocycles. The van der Waals surface area contributed by atoms with Gasteiger partial charge in [-0.15, -0.1) is 0 Å². The Labute approximate surface area is 262 Å². The molecule has 254 valence electrons. The summed E-state index contributed by atoms with van der Waals surface area (Å²) in [7, 11) is 5.18. The first kappa shape index (κ1) is 41.8.